The molecule has 0 spiro atoms. The van der Waals surface area contributed by atoms with Crippen molar-refractivity contribution < 1.29 is 9.53 Å². The van der Waals surface area contributed by atoms with Crippen LogP contribution in [0.3, 0.4) is 0 Å². The summed E-state index contributed by atoms with van der Waals surface area (Å²) in [6, 6.07) is 20.1. The van der Waals surface area contributed by atoms with Crippen molar-refractivity contribution >= 4 is 11.8 Å². The van der Waals surface area contributed by atoms with E-state index in [1.807, 2.05) is 82.3 Å². The number of anilines is 1. The highest BCUT2D eigenvalue weighted by molar-refractivity contribution is 5.91. The molecule has 0 saturated heterocycles. The predicted octanol–water partition coefficient (Wildman–Crippen LogP) is 4.75. The number of carbonyl (C=O) groups excluding carboxylic acids is 1. The summed E-state index contributed by atoms with van der Waals surface area (Å²) in [5.74, 6) is 3.00. The topological polar surface area (TPSA) is 29.5 Å². The highest BCUT2D eigenvalue weighted by atomic mass is 16.6. The third-order valence-corrected chi connectivity index (χ3v) is 2.95. The summed E-state index contributed by atoms with van der Waals surface area (Å²) in [6.45, 7) is 7.51. The summed E-state index contributed by atoms with van der Waals surface area (Å²) in [7, 11) is 0. The fraction of sp³-hybridized carbons (Fsp3) is 0.250. The molecule has 2 aromatic rings. The first kappa shape index (κ1) is 16.6. The zero-order valence-electron chi connectivity index (χ0n) is 14.0. The van der Waals surface area contributed by atoms with Crippen LogP contribution in [0.1, 0.15) is 31.9 Å². The Bertz CT molecular complexity index is 716. The van der Waals surface area contributed by atoms with E-state index in [-0.39, 0.29) is 0 Å². The quantitative estimate of drug-likeness (QED) is 0.562. The van der Waals surface area contributed by atoms with Crippen LogP contribution >= 0.6 is 0 Å². The number of amides is 1. The van der Waals surface area contributed by atoms with Crippen LogP contribution in [0.15, 0.2) is 54.6 Å². The lowest BCUT2D eigenvalue weighted by molar-refractivity contribution is 0.0600. The van der Waals surface area contributed by atoms with Crippen LogP contribution in [0.2, 0.25) is 0 Å². The minimum atomic E-state index is -0.575. The number of nitrogens with zero attached hydrogens (tertiary/aromatic N) is 1. The van der Waals surface area contributed by atoms with Gasteiger partial charge in [-0.1, -0.05) is 35.9 Å². The Morgan fingerprint density at radius 3 is 2.17 bits per heavy atom. The molecule has 0 aliphatic carbocycles. The summed E-state index contributed by atoms with van der Waals surface area (Å²) in [6.07, 6.45) is -0.482. The molecule has 0 saturated carbocycles. The largest absolute Gasteiger partial charge is 0.443 e. The van der Waals surface area contributed by atoms with Crippen LogP contribution in [0, 0.1) is 18.9 Å². The lowest BCUT2D eigenvalue weighted by Crippen LogP contribution is -2.33. The SMILES string of the molecule is Cc1ccc(N(C#Cc2ccccc2)C(=O)OC(C)(C)C)cc1. The molecule has 3 heteroatoms. The molecule has 0 heterocycles. The second-order valence-electron chi connectivity index (χ2n) is 6.25. The molecule has 0 aromatic heterocycles. The van der Waals surface area contributed by atoms with Gasteiger partial charge < -0.3 is 4.74 Å². The number of hydrogen-bond acceptors (Lipinski definition) is 2. The monoisotopic (exact) mass is 307 g/mol. The lowest BCUT2D eigenvalue weighted by atomic mass is 10.2. The van der Waals surface area contributed by atoms with Gasteiger partial charge in [-0.15, -0.1) is 0 Å². The number of rotatable bonds is 1. The van der Waals surface area contributed by atoms with Gasteiger partial charge in [0.15, 0.2) is 0 Å². The van der Waals surface area contributed by atoms with Crippen molar-refractivity contribution in [2.45, 2.75) is 33.3 Å². The Hall–Kier alpha value is -2.73. The molecule has 0 atom stereocenters. The molecule has 0 radical (unpaired) electrons. The smallest absolute Gasteiger partial charge is 0.426 e. The van der Waals surface area contributed by atoms with Crippen molar-refractivity contribution in [2.24, 2.45) is 0 Å². The summed E-state index contributed by atoms with van der Waals surface area (Å²) in [5.41, 5.74) is 2.07. The molecule has 1 amide bonds. The van der Waals surface area contributed by atoms with E-state index in [1.165, 1.54) is 4.90 Å². The van der Waals surface area contributed by atoms with E-state index < -0.39 is 11.7 Å². The Morgan fingerprint density at radius 2 is 1.61 bits per heavy atom. The molecule has 23 heavy (non-hydrogen) atoms. The molecule has 118 valence electrons. The van der Waals surface area contributed by atoms with Crippen molar-refractivity contribution in [1.82, 2.24) is 0 Å². The van der Waals surface area contributed by atoms with Crippen molar-refractivity contribution in [2.75, 3.05) is 4.90 Å². The third kappa shape index (κ3) is 5.19. The normalized spacial score (nSPS) is 10.4. The number of carbonyl (C=O) groups is 1. The predicted molar refractivity (Wildman–Crippen MR) is 93.2 cm³/mol. The van der Waals surface area contributed by atoms with Gasteiger partial charge in [-0.2, -0.15) is 0 Å². The highest BCUT2D eigenvalue weighted by Gasteiger charge is 2.22. The lowest BCUT2D eigenvalue weighted by Gasteiger charge is -2.23. The zero-order valence-corrected chi connectivity index (χ0v) is 14.0. The molecule has 0 bridgehead atoms. The first-order valence-electron chi connectivity index (χ1n) is 7.52. The standard InChI is InChI=1S/C20H21NO2/c1-16-10-12-18(13-11-16)21(19(22)23-20(2,3)4)15-14-17-8-6-5-7-9-17/h5-13H,1-4H3. The van der Waals surface area contributed by atoms with Crippen molar-refractivity contribution in [3.8, 4) is 12.0 Å². The molecule has 2 aromatic carbocycles. The minimum Gasteiger partial charge on any atom is -0.443 e. The molecule has 0 N–H and O–H groups in total. The molecule has 0 fully saturated rings. The van der Waals surface area contributed by atoms with Gasteiger partial charge in [0, 0.05) is 11.6 Å². The first-order chi connectivity index (χ1) is 10.8. The van der Waals surface area contributed by atoms with Gasteiger partial charge in [0.2, 0.25) is 0 Å². The maximum atomic E-state index is 12.5. The average Bonchev–Trinajstić information content (AvgIpc) is 2.48. The zero-order chi connectivity index (χ0) is 16.9. The van der Waals surface area contributed by atoms with E-state index in [1.54, 1.807) is 0 Å². The Balaban J connectivity index is 2.33. The van der Waals surface area contributed by atoms with Crippen molar-refractivity contribution in [3.63, 3.8) is 0 Å². The number of ether oxygens (including phenoxy) is 1. The maximum Gasteiger partial charge on any atom is 0.426 e. The van der Waals surface area contributed by atoms with Crippen LogP contribution in [-0.2, 0) is 4.74 Å². The summed E-state index contributed by atoms with van der Waals surface area (Å²) >= 11 is 0. The minimum absolute atomic E-state index is 0.482. The van der Waals surface area contributed by atoms with E-state index in [2.05, 4.69) is 12.0 Å². The second kappa shape index (κ2) is 7.02. The number of hydrogen-bond donors (Lipinski definition) is 0. The number of benzene rings is 2. The van der Waals surface area contributed by atoms with Crippen LogP contribution in [0.5, 0.6) is 0 Å². The molecule has 2 rings (SSSR count). The molecular formula is C20H21NO2. The highest BCUT2D eigenvalue weighted by Crippen LogP contribution is 2.18. The summed E-state index contributed by atoms with van der Waals surface area (Å²) in [4.78, 5) is 13.8. The van der Waals surface area contributed by atoms with Gasteiger partial charge in [0.25, 0.3) is 0 Å². The van der Waals surface area contributed by atoms with Crippen molar-refractivity contribution in [1.29, 1.82) is 0 Å². The van der Waals surface area contributed by atoms with Crippen molar-refractivity contribution in [3.05, 3.63) is 65.7 Å². The van der Waals surface area contributed by atoms with E-state index in [4.69, 9.17) is 4.74 Å². The summed E-state index contributed by atoms with van der Waals surface area (Å²) < 4.78 is 5.46. The van der Waals surface area contributed by atoms with Crippen LogP contribution in [0.25, 0.3) is 0 Å². The van der Waals surface area contributed by atoms with Gasteiger partial charge in [0.1, 0.15) is 5.60 Å². The Morgan fingerprint density at radius 1 is 1.00 bits per heavy atom. The molecule has 0 aliphatic heterocycles. The Kier molecular flexibility index (Phi) is 5.08. The molecule has 0 unspecified atom stereocenters. The molecule has 0 aliphatic rings. The third-order valence-electron chi connectivity index (χ3n) is 2.95. The maximum absolute atomic E-state index is 12.5. The average molecular weight is 307 g/mol. The van der Waals surface area contributed by atoms with Crippen LogP contribution in [-0.4, -0.2) is 11.7 Å². The van der Waals surface area contributed by atoms with E-state index >= 15 is 0 Å². The summed E-state index contributed by atoms with van der Waals surface area (Å²) in [5, 5.41) is 0. The van der Waals surface area contributed by atoms with Gasteiger partial charge in [0.05, 0.1) is 5.69 Å². The molecular weight excluding hydrogens is 286 g/mol. The van der Waals surface area contributed by atoms with E-state index in [9.17, 15) is 4.79 Å². The number of aryl methyl sites for hydroxylation is 1. The van der Waals surface area contributed by atoms with E-state index in [0.29, 0.717) is 5.69 Å². The van der Waals surface area contributed by atoms with Gasteiger partial charge >= 0.3 is 6.09 Å². The van der Waals surface area contributed by atoms with Gasteiger partial charge in [-0.05, 0) is 57.9 Å². The van der Waals surface area contributed by atoms with E-state index in [0.717, 1.165) is 11.1 Å². The fourth-order valence-corrected chi connectivity index (χ4v) is 1.86. The molecule has 3 nitrogen and oxygen atoms in total. The Labute approximate surface area is 137 Å². The van der Waals surface area contributed by atoms with Crippen LogP contribution in [0.4, 0.5) is 10.5 Å². The van der Waals surface area contributed by atoms with Crippen LogP contribution < -0.4 is 4.90 Å². The second-order valence-corrected chi connectivity index (χ2v) is 6.25. The first-order valence-corrected chi connectivity index (χ1v) is 7.52. The fourth-order valence-electron chi connectivity index (χ4n) is 1.86. The van der Waals surface area contributed by atoms with Gasteiger partial charge in [-0.25, -0.2) is 9.69 Å². The van der Waals surface area contributed by atoms with Gasteiger partial charge in [-0.3, -0.25) is 0 Å².